The molecule has 2 aliphatic rings. The molecule has 2 aliphatic heterocycles. The normalized spacial score (nSPS) is 19.4. The van der Waals surface area contributed by atoms with Crippen LogP contribution < -0.4 is 0 Å². The maximum Gasteiger partial charge on any atom is 0.286 e. The van der Waals surface area contributed by atoms with Crippen molar-refractivity contribution in [1.82, 2.24) is 9.80 Å². The molecule has 2 heterocycles. The largest absolute Gasteiger partial charge is 0.348 e. The fraction of sp³-hybridized carbons (Fsp3) is 0.238. The molecule has 0 N–H and O–H groups in total. The highest BCUT2D eigenvalue weighted by atomic mass is 35.5. The van der Waals surface area contributed by atoms with E-state index in [-0.39, 0.29) is 5.91 Å². The Kier molecular flexibility index (Phi) is 6.07. The van der Waals surface area contributed by atoms with Gasteiger partial charge in [0.15, 0.2) is 5.17 Å². The molecule has 0 bridgehead atoms. The summed E-state index contributed by atoms with van der Waals surface area (Å²) in [6, 6.07) is 15.7. The summed E-state index contributed by atoms with van der Waals surface area (Å²) in [7, 11) is 0. The molecule has 2 aromatic carbocycles. The molecule has 7 heteroatoms. The maximum atomic E-state index is 12.3. The Morgan fingerprint density at radius 3 is 2.50 bits per heavy atom. The molecule has 4 rings (SSSR count). The zero-order valence-corrected chi connectivity index (χ0v) is 17.5. The van der Waals surface area contributed by atoms with E-state index in [9.17, 15) is 4.79 Å². The van der Waals surface area contributed by atoms with E-state index in [4.69, 9.17) is 23.2 Å². The quantitative estimate of drug-likeness (QED) is 0.654. The molecule has 1 saturated heterocycles. The van der Waals surface area contributed by atoms with Gasteiger partial charge in [-0.3, -0.25) is 9.69 Å². The first-order valence-electron chi connectivity index (χ1n) is 9.07. The summed E-state index contributed by atoms with van der Waals surface area (Å²) in [5.74, 6) is -0.210. The fourth-order valence-corrected chi connectivity index (χ4v) is 4.65. The highest BCUT2D eigenvalue weighted by molar-refractivity contribution is 8.18. The summed E-state index contributed by atoms with van der Waals surface area (Å²) < 4.78 is 0. The predicted molar refractivity (Wildman–Crippen MR) is 118 cm³/mol. The van der Waals surface area contributed by atoms with Gasteiger partial charge in [-0.25, -0.2) is 0 Å². The molecule has 2 aromatic rings. The summed E-state index contributed by atoms with van der Waals surface area (Å²) in [5.41, 5.74) is 2.09. The van der Waals surface area contributed by atoms with Crippen LogP contribution in [0.4, 0.5) is 0 Å². The number of piperazine rings is 1. The highest BCUT2D eigenvalue weighted by Crippen LogP contribution is 2.32. The second-order valence-electron chi connectivity index (χ2n) is 6.72. The molecule has 0 aromatic heterocycles. The number of thioether (sulfide) groups is 1. The minimum Gasteiger partial charge on any atom is -0.348 e. The van der Waals surface area contributed by atoms with Crippen molar-refractivity contribution in [2.24, 2.45) is 4.99 Å². The Hall–Kier alpha value is -1.79. The lowest BCUT2D eigenvalue weighted by Crippen LogP contribution is -2.47. The summed E-state index contributed by atoms with van der Waals surface area (Å²) >= 11 is 13.6. The van der Waals surface area contributed by atoms with Crippen molar-refractivity contribution in [1.29, 1.82) is 0 Å². The summed E-state index contributed by atoms with van der Waals surface area (Å²) in [6.45, 7) is 4.57. The van der Waals surface area contributed by atoms with E-state index < -0.39 is 0 Å². The number of hydrogen-bond donors (Lipinski definition) is 0. The summed E-state index contributed by atoms with van der Waals surface area (Å²) in [4.78, 5) is 21.8. The van der Waals surface area contributed by atoms with Crippen LogP contribution in [0.2, 0.25) is 10.0 Å². The molecule has 0 saturated carbocycles. The molecular weight excluding hydrogens is 413 g/mol. The van der Waals surface area contributed by atoms with E-state index in [1.54, 1.807) is 18.2 Å². The highest BCUT2D eigenvalue weighted by Gasteiger charge is 2.28. The monoisotopic (exact) mass is 431 g/mol. The molecule has 0 atom stereocenters. The van der Waals surface area contributed by atoms with Gasteiger partial charge >= 0.3 is 0 Å². The molecule has 0 aliphatic carbocycles. The van der Waals surface area contributed by atoms with Crippen LogP contribution in [0.3, 0.4) is 0 Å². The molecule has 0 radical (unpaired) electrons. The van der Waals surface area contributed by atoms with Crippen LogP contribution in [0.5, 0.6) is 0 Å². The minimum atomic E-state index is -0.210. The second kappa shape index (κ2) is 8.70. The lowest BCUT2D eigenvalue weighted by atomic mass is 10.2. The average Bonchev–Trinajstić information content (AvgIpc) is 3.06. The Morgan fingerprint density at radius 1 is 1.04 bits per heavy atom. The van der Waals surface area contributed by atoms with Crippen molar-refractivity contribution >= 4 is 52.1 Å². The van der Waals surface area contributed by atoms with Crippen LogP contribution in [0.15, 0.2) is 58.4 Å². The number of carbonyl (C=O) groups is 1. The molecule has 1 fully saturated rings. The number of hydrogen-bond acceptors (Lipinski definition) is 4. The van der Waals surface area contributed by atoms with Crippen LogP contribution in [-0.4, -0.2) is 47.1 Å². The third kappa shape index (κ3) is 4.61. The van der Waals surface area contributed by atoms with Gasteiger partial charge in [0, 0.05) is 42.8 Å². The van der Waals surface area contributed by atoms with E-state index in [1.807, 2.05) is 12.1 Å². The Labute approximate surface area is 178 Å². The third-order valence-corrected chi connectivity index (χ3v) is 6.36. The van der Waals surface area contributed by atoms with E-state index in [0.29, 0.717) is 15.0 Å². The van der Waals surface area contributed by atoms with Gasteiger partial charge in [0.1, 0.15) is 0 Å². The van der Waals surface area contributed by atoms with Gasteiger partial charge < -0.3 is 4.90 Å². The number of carbonyl (C=O) groups excluding carboxylic acids is 1. The van der Waals surface area contributed by atoms with Gasteiger partial charge in [-0.1, -0.05) is 59.6 Å². The van der Waals surface area contributed by atoms with Gasteiger partial charge in [0.05, 0.1) is 4.91 Å². The van der Waals surface area contributed by atoms with Crippen LogP contribution in [0.25, 0.3) is 6.08 Å². The van der Waals surface area contributed by atoms with Crippen LogP contribution in [0.1, 0.15) is 11.1 Å². The third-order valence-electron chi connectivity index (χ3n) is 4.75. The van der Waals surface area contributed by atoms with Gasteiger partial charge in [0.25, 0.3) is 5.91 Å². The van der Waals surface area contributed by atoms with Gasteiger partial charge in [-0.15, -0.1) is 0 Å². The Bertz CT molecular complexity index is 938. The fourth-order valence-electron chi connectivity index (χ4n) is 3.23. The van der Waals surface area contributed by atoms with Crippen LogP contribution in [-0.2, 0) is 11.3 Å². The number of amidine groups is 1. The van der Waals surface area contributed by atoms with Crippen molar-refractivity contribution in [3.8, 4) is 0 Å². The van der Waals surface area contributed by atoms with Crippen molar-refractivity contribution in [2.75, 3.05) is 26.2 Å². The number of amides is 1. The molecule has 4 nitrogen and oxygen atoms in total. The van der Waals surface area contributed by atoms with Crippen LogP contribution >= 0.6 is 35.0 Å². The SMILES string of the molecule is O=C1N=C(N2CCN(Cc3ccccc3)CC2)S/C1=C\c1ccc(Cl)cc1Cl. The predicted octanol–water partition coefficient (Wildman–Crippen LogP) is 4.78. The molecular formula is C21H19Cl2N3OS. The Balaban J connectivity index is 1.37. The number of aliphatic imine (C=N–C) groups is 1. The number of benzene rings is 2. The van der Waals surface area contributed by atoms with E-state index in [1.165, 1.54) is 17.3 Å². The zero-order valence-electron chi connectivity index (χ0n) is 15.1. The minimum absolute atomic E-state index is 0.210. The lowest BCUT2D eigenvalue weighted by molar-refractivity contribution is -0.113. The molecule has 144 valence electrons. The van der Waals surface area contributed by atoms with E-state index >= 15 is 0 Å². The molecule has 28 heavy (non-hydrogen) atoms. The summed E-state index contributed by atoms with van der Waals surface area (Å²) in [5, 5.41) is 1.87. The first kappa shape index (κ1) is 19.5. The molecule has 1 amide bonds. The van der Waals surface area contributed by atoms with Gasteiger partial charge in [-0.2, -0.15) is 4.99 Å². The molecule has 0 spiro atoms. The first-order chi connectivity index (χ1) is 13.6. The number of rotatable bonds is 3. The average molecular weight is 432 g/mol. The van der Waals surface area contributed by atoms with Crippen LogP contribution in [0, 0.1) is 0 Å². The zero-order chi connectivity index (χ0) is 19.5. The van der Waals surface area contributed by atoms with E-state index in [2.05, 4.69) is 39.1 Å². The van der Waals surface area contributed by atoms with Crippen molar-refractivity contribution in [3.63, 3.8) is 0 Å². The first-order valence-corrected chi connectivity index (χ1v) is 10.6. The Morgan fingerprint density at radius 2 is 1.79 bits per heavy atom. The topological polar surface area (TPSA) is 35.9 Å². The second-order valence-corrected chi connectivity index (χ2v) is 8.58. The van der Waals surface area contributed by atoms with Gasteiger partial charge in [-0.05, 0) is 41.1 Å². The van der Waals surface area contributed by atoms with E-state index in [0.717, 1.165) is 43.5 Å². The number of nitrogens with zero attached hydrogens (tertiary/aromatic N) is 3. The van der Waals surface area contributed by atoms with Crippen molar-refractivity contribution in [2.45, 2.75) is 6.54 Å². The lowest BCUT2D eigenvalue weighted by Gasteiger charge is -2.35. The summed E-state index contributed by atoms with van der Waals surface area (Å²) in [6.07, 6.45) is 1.79. The number of halogens is 2. The molecule has 0 unspecified atom stereocenters. The van der Waals surface area contributed by atoms with Crippen molar-refractivity contribution in [3.05, 3.63) is 74.6 Å². The smallest absolute Gasteiger partial charge is 0.286 e. The maximum absolute atomic E-state index is 12.3. The van der Waals surface area contributed by atoms with Gasteiger partial charge in [0.2, 0.25) is 0 Å². The van der Waals surface area contributed by atoms with Crippen molar-refractivity contribution < 1.29 is 4.79 Å². The standard InChI is InChI=1S/C21H19Cl2N3OS/c22-17-7-6-16(18(23)13-17)12-19-20(27)24-21(28-19)26-10-8-25(9-11-26)14-15-4-2-1-3-5-15/h1-7,12-13H,8-11,14H2/b19-12-.